The van der Waals surface area contributed by atoms with Gasteiger partial charge in [-0.05, 0) is 44.4 Å². The second-order valence-corrected chi connectivity index (χ2v) is 7.13. The number of nitrogens with one attached hydrogen (secondary N) is 1. The molecule has 98 valence electrons. The van der Waals surface area contributed by atoms with Gasteiger partial charge in [0.15, 0.2) is 0 Å². The van der Waals surface area contributed by atoms with E-state index in [4.69, 9.17) is 11.6 Å². The maximum atomic E-state index is 12.0. The van der Waals surface area contributed by atoms with Crippen molar-refractivity contribution in [3.05, 3.63) is 34.3 Å². The minimum Gasteiger partial charge on any atom is -0.349 e. The third kappa shape index (κ3) is 3.27. The average Bonchev–Trinajstić information content (AvgIpc) is 2.26. The van der Waals surface area contributed by atoms with Gasteiger partial charge in [-0.1, -0.05) is 28.1 Å². The quantitative estimate of drug-likeness (QED) is 0.833. The van der Waals surface area contributed by atoms with E-state index in [9.17, 15) is 4.79 Å². The number of carbonyl (C=O) groups excluding carboxylic acids is 1. The van der Waals surface area contributed by atoms with E-state index in [-0.39, 0.29) is 22.7 Å². The smallest absolute Gasteiger partial charge is 0.223 e. The van der Waals surface area contributed by atoms with Crippen molar-refractivity contribution in [1.82, 2.24) is 5.32 Å². The van der Waals surface area contributed by atoms with Gasteiger partial charge in [-0.25, -0.2) is 0 Å². The fourth-order valence-corrected chi connectivity index (χ4v) is 2.96. The van der Waals surface area contributed by atoms with Gasteiger partial charge in [-0.2, -0.15) is 0 Å². The van der Waals surface area contributed by atoms with Crippen LogP contribution in [0.1, 0.15) is 38.3 Å². The van der Waals surface area contributed by atoms with Crippen LogP contribution in [0, 0.1) is 5.92 Å². The Bertz CT molecular complexity index is 436. The van der Waals surface area contributed by atoms with E-state index in [1.165, 1.54) is 0 Å². The molecule has 2 rings (SSSR count). The number of halogens is 2. The lowest BCUT2D eigenvalue weighted by atomic mass is 9.74. The van der Waals surface area contributed by atoms with Crippen molar-refractivity contribution in [1.29, 1.82) is 0 Å². The number of hydrogen-bond acceptors (Lipinski definition) is 1. The van der Waals surface area contributed by atoms with E-state index in [2.05, 4.69) is 21.2 Å². The molecule has 1 fully saturated rings. The van der Waals surface area contributed by atoms with Crippen LogP contribution in [-0.2, 0) is 4.79 Å². The molecule has 1 aliphatic carbocycles. The van der Waals surface area contributed by atoms with Crippen molar-refractivity contribution in [2.24, 2.45) is 5.92 Å². The Balaban J connectivity index is 1.90. The number of rotatable bonds is 3. The Labute approximate surface area is 121 Å². The summed E-state index contributed by atoms with van der Waals surface area (Å²) >= 11 is 9.53. The van der Waals surface area contributed by atoms with Gasteiger partial charge >= 0.3 is 0 Å². The van der Waals surface area contributed by atoms with Crippen molar-refractivity contribution >= 4 is 33.4 Å². The SMILES string of the molecule is C[C@@H](NC(=O)C1CC(C)(Cl)C1)c1ccc(Br)cc1. The number of hydrogen-bond donors (Lipinski definition) is 1. The predicted molar refractivity (Wildman–Crippen MR) is 77.7 cm³/mol. The second kappa shape index (κ2) is 5.22. The molecule has 1 saturated carbocycles. The molecule has 0 bridgehead atoms. The molecule has 1 aliphatic rings. The van der Waals surface area contributed by atoms with Crippen LogP contribution >= 0.6 is 27.5 Å². The maximum Gasteiger partial charge on any atom is 0.223 e. The van der Waals surface area contributed by atoms with Crippen LogP contribution in [0.2, 0.25) is 0 Å². The predicted octanol–water partition coefficient (Wildman–Crippen LogP) is 4.03. The van der Waals surface area contributed by atoms with Gasteiger partial charge in [0.05, 0.1) is 6.04 Å². The summed E-state index contributed by atoms with van der Waals surface area (Å²) in [5, 5.41) is 3.04. The molecule has 0 aromatic heterocycles. The highest BCUT2D eigenvalue weighted by molar-refractivity contribution is 9.10. The van der Waals surface area contributed by atoms with Gasteiger partial charge in [0.25, 0.3) is 0 Å². The molecule has 0 spiro atoms. The Hall–Kier alpha value is -0.540. The first-order valence-electron chi connectivity index (χ1n) is 6.12. The molecule has 0 unspecified atom stereocenters. The van der Waals surface area contributed by atoms with Crippen molar-refractivity contribution in [3.8, 4) is 0 Å². The zero-order valence-corrected chi connectivity index (χ0v) is 12.9. The van der Waals surface area contributed by atoms with Crippen molar-refractivity contribution < 1.29 is 4.79 Å². The van der Waals surface area contributed by atoms with Gasteiger partial charge in [0.1, 0.15) is 0 Å². The standard InChI is InChI=1S/C14H17BrClNO/c1-9(10-3-5-12(15)6-4-10)17-13(18)11-7-14(2,16)8-11/h3-6,9,11H,7-8H2,1-2H3,(H,17,18)/t9-,11?,14?/m1/s1. The number of benzene rings is 1. The molecule has 0 heterocycles. The summed E-state index contributed by atoms with van der Waals surface area (Å²) in [6.07, 6.45) is 1.54. The monoisotopic (exact) mass is 329 g/mol. The highest BCUT2D eigenvalue weighted by atomic mass is 79.9. The van der Waals surface area contributed by atoms with Crippen molar-refractivity contribution in [2.75, 3.05) is 0 Å². The molecule has 1 aromatic rings. The van der Waals surface area contributed by atoms with Gasteiger partial charge in [0, 0.05) is 15.3 Å². The second-order valence-electron chi connectivity index (χ2n) is 5.30. The fraction of sp³-hybridized carbons (Fsp3) is 0.500. The van der Waals surface area contributed by atoms with E-state index < -0.39 is 0 Å². The Morgan fingerprint density at radius 1 is 1.44 bits per heavy atom. The van der Waals surface area contributed by atoms with Crippen molar-refractivity contribution in [3.63, 3.8) is 0 Å². The molecule has 0 saturated heterocycles. The molecule has 0 radical (unpaired) electrons. The molecular formula is C14H17BrClNO. The minimum absolute atomic E-state index is 0.0350. The largest absolute Gasteiger partial charge is 0.349 e. The lowest BCUT2D eigenvalue weighted by molar-refractivity contribution is -0.129. The van der Waals surface area contributed by atoms with Gasteiger partial charge in [-0.15, -0.1) is 11.6 Å². The summed E-state index contributed by atoms with van der Waals surface area (Å²) in [5.41, 5.74) is 1.11. The highest BCUT2D eigenvalue weighted by Crippen LogP contribution is 2.43. The van der Waals surface area contributed by atoms with Gasteiger partial charge in [0.2, 0.25) is 5.91 Å². The topological polar surface area (TPSA) is 29.1 Å². The molecule has 1 aromatic carbocycles. The third-order valence-electron chi connectivity index (χ3n) is 3.44. The molecule has 1 amide bonds. The summed E-state index contributed by atoms with van der Waals surface area (Å²) in [4.78, 5) is 11.8. The first kappa shape index (κ1) is 13.9. The Kier molecular flexibility index (Phi) is 4.02. The van der Waals surface area contributed by atoms with Crippen LogP contribution in [0.25, 0.3) is 0 Å². The summed E-state index contributed by atoms with van der Waals surface area (Å²) in [7, 11) is 0. The Morgan fingerprint density at radius 2 is 2.00 bits per heavy atom. The van der Waals surface area contributed by atoms with E-state index in [0.717, 1.165) is 22.9 Å². The van der Waals surface area contributed by atoms with E-state index in [1.807, 2.05) is 38.1 Å². The van der Waals surface area contributed by atoms with Crippen LogP contribution in [0.3, 0.4) is 0 Å². The summed E-state index contributed by atoms with van der Waals surface area (Å²) < 4.78 is 1.04. The average molecular weight is 331 g/mol. The van der Waals surface area contributed by atoms with Crippen LogP contribution in [-0.4, -0.2) is 10.8 Å². The number of carbonyl (C=O) groups is 1. The molecule has 1 N–H and O–H groups in total. The molecule has 4 heteroatoms. The van der Waals surface area contributed by atoms with Crippen LogP contribution < -0.4 is 5.32 Å². The summed E-state index contributed by atoms with van der Waals surface area (Å²) in [6.45, 7) is 3.98. The molecule has 2 nitrogen and oxygen atoms in total. The normalized spacial score (nSPS) is 28.3. The van der Waals surface area contributed by atoms with Crippen molar-refractivity contribution in [2.45, 2.75) is 37.6 Å². The zero-order chi connectivity index (χ0) is 13.3. The fourth-order valence-electron chi connectivity index (χ4n) is 2.32. The molecule has 18 heavy (non-hydrogen) atoms. The lowest BCUT2D eigenvalue weighted by Crippen LogP contribution is -2.45. The highest BCUT2D eigenvalue weighted by Gasteiger charge is 2.42. The molecule has 0 aliphatic heterocycles. The molecular weight excluding hydrogens is 314 g/mol. The van der Waals surface area contributed by atoms with Crippen LogP contribution in [0.5, 0.6) is 0 Å². The van der Waals surface area contributed by atoms with Gasteiger partial charge < -0.3 is 5.32 Å². The number of amides is 1. The van der Waals surface area contributed by atoms with Gasteiger partial charge in [-0.3, -0.25) is 4.79 Å². The first-order chi connectivity index (χ1) is 8.37. The Morgan fingerprint density at radius 3 is 2.50 bits per heavy atom. The van der Waals surface area contributed by atoms with E-state index in [1.54, 1.807) is 0 Å². The van der Waals surface area contributed by atoms with E-state index >= 15 is 0 Å². The minimum atomic E-state index is -0.178. The van der Waals surface area contributed by atoms with Crippen LogP contribution in [0.4, 0.5) is 0 Å². The molecule has 1 atom stereocenters. The first-order valence-corrected chi connectivity index (χ1v) is 7.29. The van der Waals surface area contributed by atoms with E-state index in [0.29, 0.717) is 0 Å². The third-order valence-corrected chi connectivity index (χ3v) is 4.28. The zero-order valence-electron chi connectivity index (χ0n) is 10.5. The lowest BCUT2D eigenvalue weighted by Gasteiger charge is -2.39. The van der Waals surface area contributed by atoms with Crippen LogP contribution in [0.15, 0.2) is 28.7 Å². The summed E-state index contributed by atoms with van der Waals surface area (Å²) in [5.74, 6) is 0.189. The summed E-state index contributed by atoms with van der Waals surface area (Å²) in [6, 6.07) is 8.03. The number of alkyl halides is 1. The maximum absolute atomic E-state index is 12.0.